The van der Waals surface area contributed by atoms with Gasteiger partial charge in [-0.05, 0) is 96.7 Å². The van der Waals surface area contributed by atoms with Crippen LogP contribution in [0.4, 0.5) is 21.0 Å². The Labute approximate surface area is 241 Å². The predicted octanol–water partition coefficient (Wildman–Crippen LogP) is 6.19. The molecule has 5 rings (SSSR count). The van der Waals surface area contributed by atoms with Gasteiger partial charge in [-0.15, -0.1) is 0 Å². The Bertz CT molecular complexity index is 1400. The van der Waals surface area contributed by atoms with Gasteiger partial charge in [0.05, 0.1) is 13.1 Å². The van der Waals surface area contributed by atoms with Crippen molar-refractivity contribution in [1.29, 1.82) is 0 Å². The van der Waals surface area contributed by atoms with Crippen molar-refractivity contribution in [3.05, 3.63) is 94.0 Å². The number of carbonyl (C=O) groups is 4. The molecule has 0 unspecified atom stereocenters. The minimum absolute atomic E-state index is 0.148. The van der Waals surface area contributed by atoms with Crippen molar-refractivity contribution < 1.29 is 19.2 Å². The molecule has 2 N–H and O–H groups in total. The van der Waals surface area contributed by atoms with E-state index in [1.807, 2.05) is 88.4 Å². The van der Waals surface area contributed by atoms with Gasteiger partial charge in [0.2, 0.25) is 0 Å². The fraction of sp³-hybridized carbons (Fsp3) is 0.267. The summed E-state index contributed by atoms with van der Waals surface area (Å²) < 4.78 is 0. The molecule has 4 amide bonds. The van der Waals surface area contributed by atoms with Crippen molar-refractivity contribution in [2.75, 3.05) is 10.6 Å². The van der Waals surface area contributed by atoms with Crippen molar-refractivity contribution in [2.24, 2.45) is 0 Å². The smallest absolute Gasteiger partial charge is 0.291 e. The van der Waals surface area contributed by atoms with Crippen molar-refractivity contribution in [2.45, 2.75) is 51.5 Å². The summed E-state index contributed by atoms with van der Waals surface area (Å²) in [6, 6.07) is 19.1. The first-order valence-electron chi connectivity index (χ1n) is 12.9. The molecule has 10 heteroatoms. The van der Waals surface area contributed by atoms with Gasteiger partial charge in [-0.25, -0.2) is 0 Å². The summed E-state index contributed by atoms with van der Waals surface area (Å²) in [4.78, 5) is 53.8. The maximum atomic E-state index is 13.0. The maximum Gasteiger partial charge on any atom is 0.291 e. The van der Waals surface area contributed by atoms with Crippen molar-refractivity contribution >= 4 is 57.2 Å². The van der Waals surface area contributed by atoms with Crippen LogP contribution in [0.2, 0.25) is 0 Å². The van der Waals surface area contributed by atoms with Crippen LogP contribution in [0.5, 0.6) is 0 Å². The summed E-state index contributed by atoms with van der Waals surface area (Å²) in [5.74, 6) is -0.569. The van der Waals surface area contributed by atoms with Crippen LogP contribution in [0.25, 0.3) is 0 Å². The van der Waals surface area contributed by atoms with E-state index >= 15 is 0 Å². The van der Waals surface area contributed by atoms with E-state index in [-0.39, 0.29) is 35.4 Å². The third-order valence-electron chi connectivity index (χ3n) is 6.92. The molecule has 2 fully saturated rings. The second-order valence-corrected chi connectivity index (χ2v) is 12.2. The molecule has 0 spiro atoms. The number of benzene rings is 3. The molecule has 2 atom stereocenters. The average molecular weight is 575 g/mol. The van der Waals surface area contributed by atoms with Crippen molar-refractivity contribution in [3.63, 3.8) is 0 Å². The highest BCUT2D eigenvalue weighted by atomic mass is 32.2. The molecule has 2 aliphatic heterocycles. The fourth-order valence-electron chi connectivity index (χ4n) is 4.54. The number of hydrogen-bond donors (Lipinski definition) is 2. The summed E-state index contributed by atoms with van der Waals surface area (Å²) in [6.45, 7) is 8.16. The highest BCUT2D eigenvalue weighted by Crippen LogP contribution is 2.32. The lowest BCUT2D eigenvalue weighted by molar-refractivity contribution is -0.127. The van der Waals surface area contributed by atoms with Crippen LogP contribution in [0, 0.1) is 27.7 Å². The number of nitrogens with one attached hydrogen (secondary N) is 2. The number of imide groups is 2. The molecule has 2 saturated heterocycles. The molecule has 0 bridgehead atoms. The zero-order chi connectivity index (χ0) is 28.6. The quantitative estimate of drug-likeness (QED) is 0.329. The molecule has 3 aromatic carbocycles. The normalized spacial score (nSPS) is 19.1. The van der Waals surface area contributed by atoms with Crippen LogP contribution in [-0.4, -0.2) is 42.8 Å². The monoisotopic (exact) mass is 574 g/mol. The second kappa shape index (κ2) is 11.4. The first kappa shape index (κ1) is 27.8. The highest BCUT2D eigenvalue weighted by molar-refractivity contribution is 8.15. The summed E-state index contributed by atoms with van der Waals surface area (Å²) in [6.07, 6.45) is 0. The molecule has 40 heavy (non-hydrogen) atoms. The van der Waals surface area contributed by atoms with E-state index in [9.17, 15) is 19.2 Å². The van der Waals surface area contributed by atoms with Crippen LogP contribution in [0.1, 0.15) is 33.4 Å². The molecule has 0 aromatic heterocycles. The largest absolute Gasteiger partial charge is 0.365 e. The Morgan fingerprint density at radius 3 is 1.35 bits per heavy atom. The van der Waals surface area contributed by atoms with E-state index < -0.39 is 10.7 Å². The van der Waals surface area contributed by atoms with Crippen molar-refractivity contribution in [1.82, 2.24) is 9.80 Å². The lowest BCUT2D eigenvalue weighted by atomic mass is 10.1. The van der Waals surface area contributed by atoms with Gasteiger partial charge >= 0.3 is 0 Å². The van der Waals surface area contributed by atoms with Gasteiger partial charge in [0.15, 0.2) is 10.7 Å². The van der Waals surface area contributed by atoms with E-state index in [0.29, 0.717) is 0 Å². The van der Waals surface area contributed by atoms with Gasteiger partial charge < -0.3 is 10.6 Å². The summed E-state index contributed by atoms with van der Waals surface area (Å²) in [5.41, 5.74) is 7.36. The highest BCUT2D eigenvalue weighted by Gasteiger charge is 2.41. The van der Waals surface area contributed by atoms with Crippen LogP contribution in [-0.2, 0) is 22.7 Å². The number of nitrogens with zero attached hydrogens (tertiary/aromatic N) is 2. The molecule has 0 radical (unpaired) electrons. The molecule has 0 saturated carbocycles. The number of amides is 4. The first-order valence-corrected chi connectivity index (χ1v) is 14.6. The van der Waals surface area contributed by atoms with Crippen LogP contribution in [0.3, 0.4) is 0 Å². The molecule has 3 aromatic rings. The SMILES string of the molecule is Cc1ccc(C)c(N[C@@H]2SC(=O)N(Cc3ccc(CN4C(=O)S[C@H](Nc5cc(C)ccc5C)C4=O)cc3)C2=O)c1. The lowest BCUT2D eigenvalue weighted by Crippen LogP contribution is -2.34. The van der Waals surface area contributed by atoms with Gasteiger partial charge in [-0.3, -0.25) is 29.0 Å². The van der Waals surface area contributed by atoms with E-state index in [0.717, 1.165) is 68.3 Å². The molecule has 206 valence electrons. The summed E-state index contributed by atoms with van der Waals surface area (Å²) in [5, 5.41) is 4.45. The van der Waals surface area contributed by atoms with E-state index in [2.05, 4.69) is 10.6 Å². The number of hydrogen-bond acceptors (Lipinski definition) is 8. The zero-order valence-electron chi connectivity index (χ0n) is 22.7. The number of thioether (sulfide) groups is 2. The van der Waals surface area contributed by atoms with Gasteiger partial charge in [0.1, 0.15) is 0 Å². The van der Waals surface area contributed by atoms with Crippen LogP contribution >= 0.6 is 23.5 Å². The summed E-state index contributed by atoms with van der Waals surface area (Å²) in [7, 11) is 0. The van der Waals surface area contributed by atoms with Crippen molar-refractivity contribution in [3.8, 4) is 0 Å². The predicted molar refractivity (Wildman–Crippen MR) is 160 cm³/mol. The number of carbonyl (C=O) groups excluding carboxylic acids is 4. The second-order valence-electron chi connectivity index (χ2n) is 10.1. The topological polar surface area (TPSA) is 98.8 Å². The molecular formula is C30H30N4O4S2. The molecule has 0 aliphatic carbocycles. The number of anilines is 2. The number of rotatable bonds is 8. The summed E-state index contributed by atoms with van der Waals surface area (Å²) >= 11 is 1.95. The maximum absolute atomic E-state index is 13.0. The standard InChI is InChI=1S/C30H30N4O4S2/c1-17-5-7-19(3)23(13-17)31-25-27(35)33(29(37)39-25)15-21-9-11-22(12-10-21)16-34-28(36)26(40-30(34)38)32-24-14-18(2)6-8-20(24)4/h5-14,25-26,31-32H,15-16H2,1-4H3/t25-,26+. The van der Waals surface area contributed by atoms with E-state index in [1.54, 1.807) is 0 Å². The van der Waals surface area contributed by atoms with Gasteiger partial charge in [-0.2, -0.15) is 0 Å². The van der Waals surface area contributed by atoms with Crippen LogP contribution < -0.4 is 10.6 Å². The Morgan fingerprint density at radius 1 is 0.600 bits per heavy atom. The molecular weight excluding hydrogens is 544 g/mol. The minimum atomic E-state index is -0.679. The average Bonchev–Trinajstić information content (AvgIpc) is 3.33. The van der Waals surface area contributed by atoms with E-state index in [4.69, 9.17) is 0 Å². The van der Waals surface area contributed by atoms with Gasteiger partial charge in [-0.1, -0.05) is 48.5 Å². The van der Waals surface area contributed by atoms with Crippen LogP contribution in [0.15, 0.2) is 60.7 Å². The zero-order valence-corrected chi connectivity index (χ0v) is 24.3. The Kier molecular flexibility index (Phi) is 7.91. The molecule has 2 aliphatic rings. The minimum Gasteiger partial charge on any atom is -0.365 e. The van der Waals surface area contributed by atoms with E-state index in [1.165, 1.54) is 9.80 Å². The fourth-order valence-corrected chi connectivity index (χ4v) is 6.34. The lowest BCUT2D eigenvalue weighted by Gasteiger charge is -2.17. The third-order valence-corrected chi connectivity index (χ3v) is 8.88. The van der Waals surface area contributed by atoms with Gasteiger partial charge in [0.25, 0.3) is 22.3 Å². The first-order chi connectivity index (χ1) is 19.1. The Hall–Kier alpha value is -3.76. The Morgan fingerprint density at radius 2 is 0.975 bits per heavy atom. The third kappa shape index (κ3) is 5.88. The number of aryl methyl sites for hydroxylation is 4. The molecule has 2 heterocycles. The molecule has 8 nitrogen and oxygen atoms in total. The Balaban J connectivity index is 1.20. The van der Waals surface area contributed by atoms with Gasteiger partial charge in [0, 0.05) is 11.4 Å².